The number of rotatable bonds is 5. The number of aromatic nitrogens is 3. The molecule has 1 fully saturated rings. The number of hydrogen-bond donors (Lipinski definition) is 2. The monoisotopic (exact) mass is 373 g/mol. The molecule has 9 heteroatoms. The summed E-state index contributed by atoms with van der Waals surface area (Å²) < 4.78 is 18.3. The Balaban J connectivity index is 1.48. The first-order valence-corrected chi connectivity index (χ1v) is 9.03. The molecule has 134 valence electrons. The second kappa shape index (κ2) is 6.83. The summed E-state index contributed by atoms with van der Waals surface area (Å²) in [5.74, 6) is 0.447. The van der Waals surface area contributed by atoms with Gasteiger partial charge in [0.15, 0.2) is 5.13 Å². The maximum absolute atomic E-state index is 12.9. The molecule has 0 saturated heterocycles. The number of anilines is 2. The predicted octanol–water partition coefficient (Wildman–Crippen LogP) is 3.67. The van der Waals surface area contributed by atoms with Crippen molar-refractivity contribution in [2.75, 3.05) is 10.6 Å². The van der Waals surface area contributed by atoms with Crippen LogP contribution in [0.3, 0.4) is 0 Å². The molecule has 1 saturated carbocycles. The Labute approximate surface area is 152 Å². The lowest BCUT2D eigenvalue weighted by atomic mass is 9.91. The van der Waals surface area contributed by atoms with Crippen molar-refractivity contribution in [2.45, 2.75) is 32.0 Å². The molecule has 0 aliphatic heterocycles. The highest BCUT2D eigenvalue weighted by Crippen LogP contribution is 2.29. The molecule has 4 rings (SSSR count). The molecule has 2 heterocycles. The fraction of sp³-hybridized carbons (Fsp3) is 0.294. The Morgan fingerprint density at radius 2 is 2.12 bits per heavy atom. The van der Waals surface area contributed by atoms with Gasteiger partial charge in [-0.2, -0.15) is 0 Å². The van der Waals surface area contributed by atoms with Crippen LogP contribution in [0.5, 0.6) is 0 Å². The van der Waals surface area contributed by atoms with Gasteiger partial charge in [0.25, 0.3) is 5.91 Å². The zero-order valence-electron chi connectivity index (χ0n) is 13.9. The average Bonchev–Trinajstić information content (AvgIpc) is 3.23. The zero-order chi connectivity index (χ0) is 18.1. The fourth-order valence-corrected chi connectivity index (χ4v) is 3.42. The summed E-state index contributed by atoms with van der Waals surface area (Å²) in [4.78, 5) is 16.8. The van der Waals surface area contributed by atoms with Crippen molar-refractivity contribution < 1.29 is 13.6 Å². The Morgan fingerprint density at radius 3 is 2.85 bits per heavy atom. The molecule has 3 aromatic rings. The van der Waals surface area contributed by atoms with Gasteiger partial charge >= 0.3 is 0 Å². The van der Waals surface area contributed by atoms with E-state index < -0.39 is 6.17 Å². The van der Waals surface area contributed by atoms with E-state index in [1.54, 1.807) is 30.5 Å². The van der Waals surface area contributed by atoms with Gasteiger partial charge in [-0.25, -0.2) is 9.37 Å². The second-order valence-electron chi connectivity index (χ2n) is 6.07. The Bertz CT molecular complexity index is 935. The first-order chi connectivity index (χ1) is 12.6. The van der Waals surface area contributed by atoms with E-state index in [1.807, 2.05) is 6.07 Å². The van der Waals surface area contributed by atoms with Gasteiger partial charge in [-0.15, -0.1) is 21.5 Å². The number of benzene rings is 1. The van der Waals surface area contributed by atoms with Gasteiger partial charge in [0, 0.05) is 18.3 Å². The van der Waals surface area contributed by atoms with Crippen LogP contribution in [0.15, 0.2) is 34.1 Å². The largest absolute Gasteiger partial charge is 0.421 e. The minimum Gasteiger partial charge on any atom is -0.421 e. The zero-order valence-corrected chi connectivity index (χ0v) is 14.7. The number of thiazole rings is 1. The lowest BCUT2D eigenvalue weighted by molar-refractivity contribution is 0.102. The molecule has 0 atom stereocenters. The van der Waals surface area contributed by atoms with Gasteiger partial charge in [0.05, 0.1) is 11.3 Å². The fourth-order valence-electron chi connectivity index (χ4n) is 2.66. The van der Waals surface area contributed by atoms with Gasteiger partial charge in [-0.3, -0.25) is 4.79 Å². The first-order valence-electron chi connectivity index (χ1n) is 8.15. The molecule has 0 unspecified atom stereocenters. The number of halogens is 1. The van der Waals surface area contributed by atoms with Crippen LogP contribution in [0.4, 0.5) is 15.2 Å². The molecule has 1 aromatic carbocycles. The van der Waals surface area contributed by atoms with Crippen molar-refractivity contribution in [3.8, 4) is 11.5 Å². The third-order valence-electron chi connectivity index (χ3n) is 4.08. The second-order valence-corrected chi connectivity index (χ2v) is 6.93. The third kappa shape index (κ3) is 3.43. The van der Waals surface area contributed by atoms with E-state index in [9.17, 15) is 9.18 Å². The van der Waals surface area contributed by atoms with Crippen LogP contribution in [0.1, 0.15) is 29.2 Å². The first kappa shape index (κ1) is 16.6. The van der Waals surface area contributed by atoms with E-state index >= 15 is 0 Å². The number of carbonyl (C=O) groups excluding carboxylic acids is 1. The molecule has 1 amide bonds. The topological polar surface area (TPSA) is 92.9 Å². The minimum absolute atomic E-state index is 0.0913. The van der Waals surface area contributed by atoms with Gasteiger partial charge in [0.1, 0.15) is 11.9 Å². The summed E-state index contributed by atoms with van der Waals surface area (Å²) in [6.45, 7) is 1.70. The molecule has 26 heavy (non-hydrogen) atoms. The summed E-state index contributed by atoms with van der Waals surface area (Å²) in [7, 11) is 0. The lowest BCUT2D eigenvalue weighted by Crippen LogP contribution is -2.36. The van der Waals surface area contributed by atoms with Crippen LogP contribution >= 0.6 is 11.3 Å². The van der Waals surface area contributed by atoms with Crippen molar-refractivity contribution in [1.29, 1.82) is 0 Å². The Kier molecular flexibility index (Phi) is 4.37. The van der Waals surface area contributed by atoms with Crippen molar-refractivity contribution >= 4 is 28.1 Å². The smallest absolute Gasteiger partial charge is 0.275 e. The quantitative estimate of drug-likeness (QED) is 0.709. The maximum atomic E-state index is 12.9. The van der Waals surface area contributed by atoms with E-state index in [2.05, 4.69) is 25.8 Å². The highest BCUT2D eigenvalue weighted by Gasteiger charge is 2.29. The highest BCUT2D eigenvalue weighted by molar-refractivity contribution is 7.13. The number of aryl methyl sites for hydroxylation is 1. The standard InChI is InChI=1S/C17H16FN5O2S/c1-9-22-23-16(25-9)12-4-2-3-5-13(12)20-15(24)14-8-26-17(21-14)19-11-6-10(18)7-11/h2-5,8,10-11H,6-7H2,1H3,(H,19,21)(H,20,24). The van der Waals surface area contributed by atoms with Gasteiger partial charge in [-0.05, 0) is 25.0 Å². The van der Waals surface area contributed by atoms with Gasteiger partial charge < -0.3 is 15.1 Å². The Morgan fingerprint density at radius 1 is 1.31 bits per heavy atom. The number of amides is 1. The van der Waals surface area contributed by atoms with Crippen LogP contribution in [-0.4, -0.2) is 33.3 Å². The van der Waals surface area contributed by atoms with Crippen LogP contribution in [0.25, 0.3) is 11.5 Å². The van der Waals surface area contributed by atoms with E-state index in [0.29, 0.717) is 46.7 Å². The van der Waals surface area contributed by atoms with Crippen molar-refractivity contribution in [1.82, 2.24) is 15.2 Å². The number of carbonyl (C=O) groups is 1. The van der Waals surface area contributed by atoms with E-state index in [0.717, 1.165) is 0 Å². The Hall–Kier alpha value is -2.81. The van der Waals surface area contributed by atoms with Crippen molar-refractivity contribution in [3.05, 3.63) is 41.2 Å². The van der Waals surface area contributed by atoms with Crippen LogP contribution in [0.2, 0.25) is 0 Å². The molecule has 1 aliphatic rings. The maximum Gasteiger partial charge on any atom is 0.275 e. The SMILES string of the molecule is Cc1nnc(-c2ccccc2NC(=O)c2csc(NC3CC(F)C3)n2)o1. The minimum atomic E-state index is -0.736. The number of nitrogens with one attached hydrogen (secondary N) is 2. The highest BCUT2D eigenvalue weighted by atomic mass is 32.1. The van der Waals surface area contributed by atoms with E-state index in [1.165, 1.54) is 11.3 Å². The molecule has 0 spiro atoms. The lowest BCUT2D eigenvalue weighted by Gasteiger charge is -2.29. The van der Waals surface area contributed by atoms with E-state index in [-0.39, 0.29) is 11.9 Å². The van der Waals surface area contributed by atoms with Crippen LogP contribution in [0, 0.1) is 6.92 Å². The number of hydrogen-bond acceptors (Lipinski definition) is 7. The molecule has 2 N–H and O–H groups in total. The summed E-state index contributed by atoms with van der Waals surface area (Å²) in [5, 5.41) is 16.1. The number of nitrogens with zero attached hydrogens (tertiary/aromatic N) is 3. The van der Waals surface area contributed by atoms with Gasteiger partial charge in [0.2, 0.25) is 11.8 Å². The predicted molar refractivity (Wildman–Crippen MR) is 96.1 cm³/mol. The van der Waals surface area contributed by atoms with Crippen molar-refractivity contribution in [2.24, 2.45) is 0 Å². The van der Waals surface area contributed by atoms with Crippen LogP contribution < -0.4 is 10.6 Å². The normalized spacial score (nSPS) is 19.0. The van der Waals surface area contributed by atoms with E-state index in [4.69, 9.17) is 4.42 Å². The van der Waals surface area contributed by atoms with Gasteiger partial charge in [-0.1, -0.05) is 12.1 Å². The molecular formula is C17H16FN5O2S. The molecule has 0 radical (unpaired) electrons. The molecular weight excluding hydrogens is 357 g/mol. The molecule has 2 aromatic heterocycles. The summed E-state index contributed by atoms with van der Waals surface area (Å²) in [6, 6.07) is 7.27. The molecule has 7 nitrogen and oxygen atoms in total. The molecule has 1 aliphatic carbocycles. The van der Waals surface area contributed by atoms with Crippen molar-refractivity contribution in [3.63, 3.8) is 0 Å². The third-order valence-corrected chi connectivity index (χ3v) is 4.85. The number of para-hydroxylation sites is 1. The molecule has 0 bridgehead atoms. The average molecular weight is 373 g/mol. The summed E-state index contributed by atoms with van der Waals surface area (Å²) in [6.07, 6.45) is 0.232. The summed E-state index contributed by atoms with van der Waals surface area (Å²) in [5.41, 5.74) is 1.49. The summed E-state index contributed by atoms with van der Waals surface area (Å²) >= 11 is 1.32. The van der Waals surface area contributed by atoms with Crippen LogP contribution in [-0.2, 0) is 0 Å². The number of alkyl halides is 1.